The predicted octanol–water partition coefficient (Wildman–Crippen LogP) is 12.9. The lowest BCUT2D eigenvalue weighted by molar-refractivity contribution is -0.140. The molecule has 0 radical (unpaired) electrons. The van der Waals surface area contributed by atoms with Crippen LogP contribution in [0.1, 0.15) is 96.2 Å². The summed E-state index contributed by atoms with van der Waals surface area (Å²) < 4.78 is 29.7. The van der Waals surface area contributed by atoms with Gasteiger partial charge in [-0.3, -0.25) is 0 Å². The highest BCUT2D eigenvalue weighted by Gasteiger charge is 2.10. The number of carboxylic acids is 3. The van der Waals surface area contributed by atoms with Crippen LogP contribution in [0, 0.1) is 71.4 Å². The van der Waals surface area contributed by atoms with E-state index in [9.17, 15) is 18.8 Å². The summed E-state index contributed by atoms with van der Waals surface area (Å²) >= 11 is 10.8. The van der Waals surface area contributed by atoms with Gasteiger partial charge in [0.15, 0.2) is 19.8 Å². The predicted molar refractivity (Wildman–Crippen MR) is 314 cm³/mol. The molecule has 0 atom stereocenters. The number of carbonyl (C=O) groups is 3. The number of aliphatic carboxylic acids is 3. The van der Waals surface area contributed by atoms with E-state index in [2.05, 4.69) is 78.6 Å². The average Bonchev–Trinajstić information content (AvgIpc) is 3.47. The molecule has 0 fully saturated rings. The van der Waals surface area contributed by atoms with E-state index in [-0.39, 0.29) is 12.2 Å². The molecular weight excluding hydrogens is 1080 g/mol. The average molecular weight is 1140 g/mol. The van der Waals surface area contributed by atoms with E-state index in [1.807, 2.05) is 51.5 Å². The number of carboxylic acid groups (broad SMARTS) is 3. The molecule has 0 amide bonds. The van der Waals surface area contributed by atoms with Gasteiger partial charge in [0.2, 0.25) is 0 Å². The van der Waals surface area contributed by atoms with Crippen molar-refractivity contribution < 1.29 is 53.4 Å². The number of rotatable bonds is 17. The Morgan fingerprint density at radius 1 is 0.595 bits per heavy atom. The molecule has 0 bridgehead atoms. The second-order valence-corrected chi connectivity index (χ2v) is 19.2. The van der Waals surface area contributed by atoms with Crippen molar-refractivity contribution in [3.63, 3.8) is 0 Å². The number of ether oxygens (including phenoxy) is 3. The zero-order valence-electron chi connectivity index (χ0n) is 44.7. The van der Waals surface area contributed by atoms with E-state index < -0.39 is 43.5 Å². The number of thioether (sulfide) groups is 3. The van der Waals surface area contributed by atoms with E-state index in [1.165, 1.54) is 23.4 Å². The molecule has 0 aliphatic carbocycles. The lowest BCUT2D eigenvalue weighted by Gasteiger charge is -2.07. The Labute approximate surface area is 480 Å². The molecule has 0 heterocycles. The SMILES string of the molecule is CC.CC#Cc1ccc(OCC(=O)O)c(C#Cc2cc(SC)ccc2F)c1.CCCc1ccc(SC)cc1C#Cc1cc(C#N)ccc1OCC(=O)O.Cc1ccc(SCCCO)cc1C#Cc1cc(Cl)ccc1OCC(=O)O. The van der Waals surface area contributed by atoms with Gasteiger partial charge in [0.1, 0.15) is 23.1 Å². The van der Waals surface area contributed by atoms with Crippen molar-refractivity contribution in [2.45, 2.75) is 68.6 Å². The van der Waals surface area contributed by atoms with Gasteiger partial charge >= 0.3 is 17.9 Å². The molecule has 4 N–H and O–H groups in total. The summed E-state index contributed by atoms with van der Waals surface area (Å²) in [5.74, 6) is 22.0. The minimum atomic E-state index is -1.09. The summed E-state index contributed by atoms with van der Waals surface area (Å²) in [4.78, 5) is 35.3. The van der Waals surface area contributed by atoms with Gasteiger partial charge in [-0.2, -0.15) is 5.26 Å². The van der Waals surface area contributed by atoms with Crippen molar-refractivity contribution in [3.05, 3.63) is 176 Å². The van der Waals surface area contributed by atoms with Crippen LogP contribution < -0.4 is 14.2 Å². The quantitative estimate of drug-likeness (QED) is 0.0384. The highest BCUT2D eigenvalue weighted by molar-refractivity contribution is 7.99. The topological polar surface area (TPSA) is 184 Å². The van der Waals surface area contributed by atoms with E-state index in [4.69, 9.17) is 51.5 Å². The van der Waals surface area contributed by atoms with Crippen LogP contribution in [-0.4, -0.2) is 83.0 Å². The molecule has 0 aliphatic heterocycles. The highest BCUT2D eigenvalue weighted by atomic mass is 35.5. The number of halogens is 2. The first-order valence-corrected chi connectivity index (χ1v) is 28.3. The fourth-order valence-electron chi connectivity index (χ4n) is 6.44. The molecule has 0 spiro atoms. The summed E-state index contributed by atoms with van der Waals surface area (Å²) in [5, 5.41) is 44.9. The number of aliphatic hydroxyl groups is 1. The Hall–Kier alpha value is -7.91. The molecule has 0 saturated carbocycles. The molecule has 408 valence electrons. The van der Waals surface area contributed by atoms with Crippen molar-refractivity contribution in [3.8, 4) is 70.7 Å². The van der Waals surface area contributed by atoms with Crippen LogP contribution in [0.5, 0.6) is 17.2 Å². The third kappa shape index (κ3) is 23.7. The van der Waals surface area contributed by atoms with Gasteiger partial charge in [0.05, 0.1) is 33.9 Å². The number of aliphatic hydroxyl groups excluding tert-OH is 1. The van der Waals surface area contributed by atoms with Crippen molar-refractivity contribution in [1.29, 1.82) is 5.26 Å². The fraction of sp³-hybridized carbons (Fsp3) is 0.238. The van der Waals surface area contributed by atoms with Crippen LogP contribution in [0.25, 0.3) is 0 Å². The Bertz CT molecular complexity index is 3370. The van der Waals surface area contributed by atoms with Gasteiger partial charge in [-0.05, 0) is 147 Å². The minimum absolute atomic E-state index is 0.180. The third-order valence-corrected chi connectivity index (χ3v) is 12.9. The normalized spacial score (nSPS) is 9.58. The van der Waals surface area contributed by atoms with Crippen LogP contribution in [0.2, 0.25) is 5.02 Å². The van der Waals surface area contributed by atoms with Crippen LogP contribution in [-0.2, 0) is 20.8 Å². The lowest BCUT2D eigenvalue weighted by Crippen LogP contribution is -2.10. The maximum atomic E-state index is 13.9. The van der Waals surface area contributed by atoms with E-state index in [1.54, 1.807) is 97.2 Å². The molecule has 0 unspecified atom stereocenters. The van der Waals surface area contributed by atoms with Gasteiger partial charge in [-0.15, -0.1) is 41.2 Å². The van der Waals surface area contributed by atoms with Gasteiger partial charge in [0, 0.05) is 48.8 Å². The Morgan fingerprint density at radius 2 is 1.06 bits per heavy atom. The van der Waals surface area contributed by atoms with Crippen molar-refractivity contribution >= 4 is 64.8 Å². The Balaban J connectivity index is 0.000000306. The van der Waals surface area contributed by atoms with E-state index in [0.29, 0.717) is 50.1 Å². The summed E-state index contributed by atoms with van der Waals surface area (Å²) in [6, 6.07) is 33.7. The molecule has 0 aromatic heterocycles. The molecule has 6 aromatic carbocycles. The van der Waals surface area contributed by atoms with Crippen molar-refractivity contribution in [2.75, 3.05) is 44.7 Å². The number of hydrogen-bond acceptors (Lipinski definition) is 11. The Kier molecular flexibility index (Phi) is 30.0. The molecule has 0 aliphatic rings. The number of hydrogen-bond donors (Lipinski definition) is 4. The number of benzene rings is 6. The maximum absolute atomic E-state index is 13.9. The van der Waals surface area contributed by atoms with Crippen LogP contribution in [0.15, 0.2) is 124 Å². The van der Waals surface area contributed by atoms with E-state index in [0.717, 1.165) is 56.4 Å². The van der Waals surface area contributed by atoms with Crippen molar-refractivity contribution in [2.24, 2.45) is 0 Å². The lowest BCUT2D eigenvalue weighted by atomic mass is 10.0. The standard InChI is InChI=1S/C21H19NO3S.C20H19ClO4S.C20H15FO3S.C2H6/c1-3-4-16-8-9-19(26-2)12-17(16)6-7-18-11-15(13-22)5-10-20(18)25-14-21(23)24;1-14-3-7-18(26-10-2-9-22)12-15(14)4-5-16-11-17(21)6-8-19(16)25-13-20(23)24;1-3-4-14-5-10-19(24-13-20(22)23)16(11-14)7-6-15-12-17(25-2)8-9-18(15)21;1-2/h5,8-12H,3-4,14H2,1-2H3,(H,23,24);3,6-8,11-12,22H,2,9-10,13H2,1H3,(H,23,24);5,8-12H,13H2,1-2H3,(H,22,23);1-2H3. The van der Waals surface area contributed by atoms with Crippen LogP contribution in [0.3, 0.4) is 0 Å². The summed E-state index contributed by atoms with van der Waals surface area (Å²) in [5.41, 5.74) is 6.95. The molecule has 0 saturated heterocycles. The number of nitrogens with zero attached hydrogens (tertiary/aromatic N) is 1. The molecule has 6 rings (SSSR count). The first kappa shape index (κ1) is 65.4. The number of aryl methyl sites for hydroxylation is 2. The highest BCUT2D eigenvalue weighted by Crippen LogP contribution is 2.26. The van der Waals surface area contributed by atoms with Gasteiger partial charge in [-0.1, -0.05) is 92.4 Å². The van der Waals surface area contributed by atoms with Crippen LogP contribution >= 0.6 is 46.9 Å². The summed E-state index contributed by atoms with van der Waals surface area (Å²) in [6.45, 7) is 8.61. The largest absolute Gasteiger partial charge is 0.481 e. The summed E-state index contributed by atoms with van der Waals surface area (Å²) in [7, 11) is 0. The second kappa shape index (κ2) is 36.2. The van der Waals surface area contributed by atoms with Gasteiger partial charge < -0.3 is 34.6 Å². The maximum Gasteiger partial charge on any atom is 0.341 e. The molecule has 6 aromatic rings. The van der Waals surface area contributed by atoms with Crippen molar-refractivity contribution in [1.82, 2.24) is 0 Å². The van der Waals surface area contributed by atoms with Gasteiger partial charge in [-0.25, -0.2) is 18.8 Å². The summed E-state index contributed by atoms with van der Waals surface area (Å²) in [6.07, 6.45) is 6.60. The first-order chi connectivity index (χ1) is 38.1. The fourth-order valence-corrected chi connectivity index (χ4v) is 8.37. The monoisotopic (exact) mass is 1140 g/mol. The molecular formula is C63H59ClFNO10S3. The molecule has 11 nitrogen and oxygen atoms in total. The molecule has 79 heavy (non-hydrogen) atoms. The van der Waals surface area contributed by atoms with Crippen LogP contribution in [0.4, 0.5) is 4.39 Å². The van der Waals surface area contributed by atoms with Gasteiger partial charge in [0.25, 0.3) is 0 Å². The first-order valence-electron chi connectivity index (χ1n) is 24.4. The smallest absolute Gasteiger partial charge is 0.341 e. The van der Waals surface area contributed by atoms with E-state index >= 15 is 0 Å². The zero-order valence-corrected chi connectivity index (χ0v) is 47.9. The zero-order chi connectivity index (χ0) is 58.1. The third-order valence-electron chi connectivity index (χ3n) is 10.1. The minimum Gasteiger partial charge on any atom is -0.481 e. The Morgan fingerprint density at radius 3 is 1.59 bits per heavy atom. The molecule has 16 heteroatoms. The number of nitriles is 1. The second-order valence-electron chi connectivity index (χ2n) is 15.9.